The van der Waals surface area contributed by atoms with E-state index in [0.717, 1.165) is 27.9 Å². The number of hydrogen-bond donors (Lipinski definition) is 2. The van der Waals surface area contributed by atoms with E-state index in [1.54, 1.807) is 0 Å². The number of nitrogens with zero attached hydrogens (tertiary/aromatic N) is 1. The summed E-state index contributed by atoms with van der Waals surface area (Å²) in [5.41, 5.74) is 9.80. The molecule has 0 aliphatic rings. The fraction of sp³-hybridized carbons (Fsp3) is 0.0667. The van der Waals surface area contributed by atoms with Gasteiger partial charge in [-0.1, -0.05) is 18.2 Å². The van der Waals surface area contributed by atoms with Crippen molar-refractivity contribution in [3.63, 3.8) is 0 Å². The summed E-state index contributed by atoms with van der Waals surface area (Å²) in [7, 11) is 0. The number of aryl methyl sites for hydroxylation is 1. The zero-order valence-electron chi connectivity index (χ0n) is 10.9. The second-order valence-corrected chi connectivity index (χ2v) is 4.96. The lowest BCUT2D eigenvalue weighted by atomic mass is 10.2. The van der Waals surface area contributed by atoms with Crippen LogP contribution in [0.25, 0.3) is 22.6 Å². The average molecular weight is 283 g/mol. The molecule has 1 heterocycles. The first-order valence-corrected chi connectivity index (χ1v) is 6.57. The first kappa shape index (κ1) is 12.6. The molecule has 0 radical (unpaired) electrons. The molecule has 0 aliphatic carbocycles. The molecule has 0 amide bonds. The van der Waals surface area contributed by atoms with Gasteiger partial charge in [-0.2, -0.15) is 0 Å². The Bertz CT molecular complexity index is 780. The lowest BCUT2D eigenvalue weighted by molar-refractivity contribution is 0.617. The van der Waals surface area contributed by atoms with Crippen molar-refractivity contribution < 1.29 is 4.42 Å². The summed E-state index contributed by atoms with van der Waals surface area (Å²) >= 11 is 4.85. The minimum absolute atomic E-state index is 0.232. The summed E-state index contributed by atoms with van der Waals surface area (Å²) in [6.07, 6.45) is 0. The van der Waals surface area contributed by atoms with E-state index in [2.05, 4.69) is 10.3 Å². The Balaban J connectivity index is 2.11. The molecule has 3 N–H and O–H groups in total. The highest BCUT2D eigenvalue weighted by molar-refractivity contribution is 7.80. The van der Waals surface area contributed by atoms with Gasteiger partial charge in [0.15, 0.2) is 10.7 Å². The molecule has 0 fully saturated rings. The van der Waals surface area contributed by atoms with Crippen molar-refractivity contribution in [1.29, 1.82) is 0 Å². The third kappa shape index (κ3) is 2.35. The summed E-state index contributed by atoms with van der Waals surface area (Å²) in [4.78, 5) is 4.52. The fourth-order valence-corrected chi connectivity index (χ4v) is 2.24. The van der Waals surface area contributed by atoms with Gasteiger partial charge in [-0.25, -0.2) is 4.98 Å². The second-order valence-electron chi connectivity index (χ2n) is 4.52. The largest absolute Gasteiger partial charge is 0.436 e. The number of benzene rings is 2. The summed E-state index contributed by atoms with van der Waals surface area (Å²) < 4.78 is 5.84. The molecule has 0 saturated carbocycles. The average Bonchev–Trinajstić information content (AvgIpc) is 2.83. The third-order valence-electron chi connectivity index (χ3n) is 2.96. The molecule has 1 aromatic heterocycles. The van der Waals surface area contributed by atoms with Gasteiger partial charge in [-0.05, 0) is 49.0 Å². The summed E-state index contributed by atoms with van der Waals surface area (Å²) in [5.74, 6) is 0.608. The first-order valence-electron chi connectivity index (χ1n) is 6.16. The van der Waals surface area contributed by atoms with Gasteiger partial charge in [0.05, 0.1) is 0 Å². The topological polar surface area (TPSA) is 64.1 Å². The van der Waals surface area contributed by atoms with Crippen LogP contribution in [0.4, 0.5) is 5.69 Å². The number of nitrogens with two attached hydrogens (primary N) is 1. The summed E-state index contributed by atoms with van der Waals surface area (Å²) in [6.45, 7) is 1.97. The number of thiocarbonyl (C=S) groups is 1. The molecular formula is C15H13N3OS. The van der Waals surface area contributed by atoms with Crippen molar-refractivity contribution in [2.45, 2.75) is 6.92 Å². The Morgan fingerprint density at radius 2 is 2.00 bits per heavy atom. The molecule has 0 unspecified atom stereocenters. The zero-order valence-corrected chi connectivity index (χ0v) is 11.7. The number of nitrogens with one attached hydrogen (secondary N) is 1. The second kappa shape index (κ2) is 4.94. The maximum absolute atomic E-state index is 5.84. The van der Waals surface area contributed by atoms with E-state index in [4.69, 9.17) is 22.4 Å². The molecule has 3 rings (SSSR count). The van der Waals surface area contributed by atoms with Gasteiger partial charge < -0.3 is 15.5 Å². The molecule has 0 spiro atoms. The lowest BCUT2D eigenvalue weighted by Crippen LogP contribution is -2.18. The maximum atomic E-state index is 5.84. The Kier molecular flexibility index (Phi) is 3.12. The minimum atomic E-state index is 0.232. The van der Waals surface area contributed by atoms with Gasteiger partial charge in [0.1, 0.15) is 5.52 Å². The van der Waals surface area contributed by atoms with Crippen LogP contribution < -0.4 is 11.1 Å². The van der Waals surface area contributed by atoms with Crippen LogP contribution in [0, 0.1) is 6.92 Å². The molecule has 0 aliphatic heterocycles. The monoisotopic (exact) mass is 283 g/mol. The van der Waals surface area contributed by atoms with Crippen LogP contribution in [0.2, 0.25) is 0 Å². The highest BCUT2D eigenvalue weighted by Gasteiger charge is 2.11. The van der Waals surface area contributed by atoms with Gasteiger partial charge in [0.2, 0.25) is 5.89 Å². The highest BCUT2D eigenvalue weighted by atomic mass is 32.1. The number of aromatic nitrogens is 1. The van der Waals surface area contributed by atoms with Gasteiger partial charge in [0.25, 0.3) is 0 Å². The Morgan fingerprint density at radius 1 is 1.25 bits per heavy atom. The van der Waals surface area contributed by atoms with Crippen LogP contribution in [0.1, 0.15) is 5.56 Å². The molecule has 4 nitrogen and oxygen atoms in total. The van der Waals surface area contributed by atoms with Crippen molar-refractivity contribution in [2.24, 2.45) is 5.73 Å². The van der Waals surface area contributed by atoms with Crippen molar-refractivity contribution in [3.05, 3.63) is 48.0 Å². The predicted molar refractivity (Wildman–Crippen MR) is 84.6 cm³/mol. The van der Waals surface area contributed by atoms with Crippen LogP contribution in [-0.2, 0) is 0 Å². The number of rotatable bonds is 2. The smallest absolute Gasteiger partial charge is 0.227 e. The SMILES string of the molecule is Cc1cc(NC(N)=S)cc2nc(-c3ccccc3)oc12. The lowest BCUT2D eigenvalue weighted by Gasteiger charge is -2.04. The molecule has 100 valence electrons. The zero-order chi connectivity index (χ0) is 14.1. The molecular weight excluding hydrogens is 270 g/mol. The van der Waals surface area contributed by atoms with Crippen molar-refractivity contribution in [3.8, 4) is 11.5 Å². The van der Waals surface area contributed by atoms with Crippen LogP contribution in [-0.4, -0.2) is 10.1 Å². The molecule has 2 aromatic carbocycles. The predicted octanol–water partition coefficient (Wildman–Crippen LogP) is 3.46. The van der Waals surface area contributed by atoms with Crippen LogP contribution in [0.3, 0.4) is 0 Å². The number of fused-ring (bicyclic) bond motifs is 1. The van der Waals surface area contributed by atoms with E-state index in [9.17, 15) is 0 Å². The van der Waals surface area contributed by atoms with Crippen molar-refractivity contribution >= 4 is 34.1 Å². The van der Waals surface area contributed by atoms with E-state index in [-0.39, 0.29) is 5.11 Å². The van der Waals surface area contributed by atoms with Gasteiger partial charge >= 0.3 is 0 Å². The van der Waals surface area contributed by atoms with Crippen LogP contribution >= 0.6 is 12.2 Å². The minimum Gasteiger partial charge on any atom is -0.436 e. The van der Waals surface area contributed by atoms with Gasteiger partial charge in [0, 0.05) is 11.3 Å². The molecule has 3 aromatic rings. The van der Waals surface area contributed by atoms with Crippen LogP contribution in [0.5, 0.6) is 0 Å². The van der Waals surface area contributed by atoms with E-state index >= 15 is 0 Å². The molecule has 20 heavy (non-hydrogen) atoms. The Labute approximate surface area is 121 Å². The number of oxazole rings is 1. The van der Waals surface area contributed by atoms with Gasteiger partial charge in [-0.15, -0.1) is 0 Å². The van der Waals surface area contributed by atoms with Crippen molar-refractivity contribution in [2.75, 3.05) is 5.32 Å². The molecule has 0 atom stereocenters. The Morgan fingerprint density at radius 3 is 2.70 bits per heavy atom. The molecule has 0 saturated heterocycles. The van der Waals surface area contributed by atoms with E-state index in [1.807, 2.05) is 49.4 Å². The fourth-order valence-electron chi connectivity index (χ4n) is 2.12. The molecule has 0 bridgehead atoms. The molecule has 5 heteroatoms. The van der Waals surface area contributed by atoms with Gasteiger partial charge in [-0.3, -0.25) is 0 Å². The van der Waals surface area contributed by atoms with E-state index in [0.29, 0.717) is 5.89 Å². The quantitative estimate of drug-likeness (QED) is 0.705. The first-order chi connectivity index (χ1) is 9.63. The van der Waals surface area contributed by atoms with Crippen LogP contribution in [0.15, 0.2) is 46.9 Å². The van der Waals surface area contributed by atoms with Crippen molar-refractivity contribution in [1.82, 2.24) is 4.98 Å². The number of hydrogen-bond acceptors (Lipinski definition) is 3. The standard InChI is InChI=1S/C15H13N3OS/c1-9-7-11(17-15(16)20)8-12-13(9)19-14(18-12)10-5-3-2-4-6-10/h2-8H,1H3,(H3,16,17,20). The summed E-state index contributed by atoms with van der Waals surface area (Å²) in [5, 5.41) is 3.15. The van der Waals surface area contributed by atoms with E-state index < -0.39 is 0 Å². The van der Waals surface area contributed by atoms with E-state index in [1.165, 1.54) is 0 Å². The Hall–Kier alpha value is -2.40. The number of anilines is 1. The third-order valence-corrected chi connectivity index (χ3v) is 3.07. The maximum Gasteiger partial charge on any atom is 0.227 e. The highest BCUT2D eigenvalue weighted by Crippen LogP contribution is 2.28. The normalized spacial score (nSPS) is 10.7. The summed E-state index contributed by atoms with van der Waals surface area (Å²) in [6, 6.07) is 13.6.